The van der Waals surface area contributed by atoms with Gasteiger partial charge in [-0.15, -0.1) is 0 Å². The molecule has 0 bridgehead atoms. The highest BCUT2D eigenvalue weighted by atomic mass is 35.5. The number of benzene rings is 2. The summed E-state index contributed by atoms with van der Waals surface area (Å²) in [5.74, 6) is 0. The van der Waals surface area contributed by atoms with Crippen LogP contribution in [0.15, 0.2) is 42.5 Å². The van der Waals surface area contributed by atoms with Gasteiger partial charge >= 0.3 is 6.09 Å². The topological polar surface area (TPSA) is 38.3 Å². The van der Waals surface area contributed by atoms with E-state index in [1.54, 1.807) is 0 Å². The molecule has 1 heterocycles. The summed E-state index contributed by atoms with van der Waals surface area (Å²) in [7, 11) is 0. The summed E-state index contributed by atoms with van der Waals surface area (Å²) in [5, 5.41) is 3.39. The molecule has 0 saturated heterocycles. The molecule has 0 saturated carbocycles. The van der Waals surface area contributed by atoms with Crippen molar-refractivity contribution in [1.29, 1.82) is 0 Å². The fourth-order valence-electron chi connectivity index (χ4n) is 2.22. The smallest absolute Gasteiger partial charge is 0.412 e. The van der Waals surface area contributed by atoms with E-state index in [4.69, 9.17) is 16.3 Å². The minimum atomic E-state index is -0.407. The Balaban J connectivity index is 2.06. The van der Waals surface area contributed by atoms with E-state index in [2.05, 4.69) is 5.32 Å². The predicted octanol–water partition coefficient (Wildman–Crippen LogP) is 4.63. The second-order valence-electron chi connectivity index (χ2n) is 4.48. The van der Waals surface area contributed by atoms with E-state index in [-0.39, 0.29) is 6.10 Å². The second-order valence-corrected chi connectivity index (χ2v) is 4.92. The van der Waals surface area contributed by atoms with Crippen molar-refractivity contribution in [2.75, 3.05) is 5.32 Å². The van der Waals surface area contributed by atoms with Gasteiger partial charge in [-0.25, -0.2) is 4.79 Å². The molecule has 3 nitrogen and oxygen atoms in total. The van der Waals surface area contributed by atoms with E-state index in [1.807, 2.05) is 49.4 Å². The molecule has 1 unspecified atom stereocenters. The number of carbonyl (C=O) groups is 1. The molecular weight excluding hydrogens is 262 g/mol. The van der Waals surface area contributed by atoms with Crippen molar-refractivity contribution in [3.05, 3.63) is 53.1 Å². The van der Waals surface area contributed by atoms with Crippen molar-refractivity contribution in [2.24, 2.45) is 0 Å². The van der Waals surface area contributed by atoms with E-state index in [9.17, 15) is 4.79 Å². The first-order chi connectivity index (χ1) is 9.13. The third-order valence-corrected chi connectivity index (χ3v) is 3.40. The van der Waals surface area contributed by atoms with Crippen LogP contribution in [0.25, 0.3) is 11.1 Å². The van der Waals surface area contributed by atoms with Crippen LogP contribution in [0.1, 0.15) is 18.6 Å². The van der Waals surface area contributed by atoms with Gasteiger partial charge in [-0.05, 0) is 42.3 Å². The van der Waals surface area contributed by atoms with Gasteiger partial charge in [-0.2, -0.15) is 0 Å². The highest BCUT2D eigenvalue weighted by Gasteiger charge is 2.22. The molecular formula is C15H12ClNO2. The standard InChI is InChI=1S/C15H12ClNO2/c1-9-13-8-11(10-3-2-4-12(16)7-10)5-6-14(13)17-15(18)19-9/h2-9H,1H3,(H,17,18). The molecule has 2 aromatic carbocycles. The monoisotopic (exact) mass is 273 g/mol. The van der Waals surface area contributed by atoms with E-state index in [0.29, 0.717) is 5.02 Å². The van der Waals surface area contributed by atoms with E-state index in [1.165, 1.54) is 0 Å². The number of carbonyl (C=O) groups excluding carboxylic acids is 1. The molecule has 1 N–H and O–H groups in total. The third-order valence-electron chi connectivity index (χ3n) is 3.17. The zero-order valence-electron chi connectivity index (χ0n) is 10.3. The Morgan fingerprint density at radius 2 is 1.95 bits per heavy atom. The van der Waals surface area contributed by atoms with Crippen LogP contribution >= 0.6 is 11.6 Å². The summed E-state index contributed by atoms with van der Waals surface area (Å²) < 4.78 is 5.15. The fourth-order valence-corrected chi connectivity index (χ4v) is 2.41. The first-order valence-electron chi connectivity index (χ1n) is 6.01. The van der Waals surface area contributed by atoms with Crippen LogP contribution in [0.4, 0.5) is 10.5 Å². The van der Waals surface area contributed by atoms with Crippen LogP contribution in [0.2, 0.25) is 5.02 Å². The highest BCUT2D eigenvalue weighted by Crippen LogP contribution is 2.34. The van der Waals surface area contributed by atoms with Gasteiger partial charge in [0, 0.05) is 10.6 Å². The number of fused-ring (bicyclic) bond motifs is 1. The maximum absolute atomic E-state index is 11.3. The molecule has 0 aliphatic carbocycles. The first kappa shape index (κ1) is 12.1. The quantitative estimate of drug-likeness (QED) is 0.823. The van der Waals surface area contributed by atoms with Crippen LogP contribution < -0.4 is 5.32 Å². The van der Waals surface area contributed by atoms with E-state index >= 15 is 0 Å². The van der Waals surface area contributed by atoms with Crippen LogP contribution in [0.5, 0.6) is 0 Å². The zero-order valence-corrected chi connectivity index (χ0v) is 11.1. The lowest BCUT2D eigenvalue weighted by molar-refractivity contribution is 0.116. The number of amides is 1. The summed E-state index contributed by atoms with van der Waals surface area (Å²) in [4.78, 5) is 11.3. The molecule has 4 heteroatoms. The summed E-state index contributed by atoms with van der Waals surface area (Å²) >= 11 is 6.00. The molecule has 0 aromatic heterocycles. The van der Waals surface area contributed by atoms with Gasteiger partial charge in [0.15, 0.2) is 0 Å². The lowest BCUT2D eigenvalue weighted by Crippen LogP contribution is -2.22. The second kappa shape index (κ2) is 4.59. The van der Waals surface area contributed by atoms with Crippen LogP contribution in [-0.4, -0.2) is 6.09 Å². The van der Waals surface area contributed by atoms with Crippen molar-refractivity contribution in [2.45, 2.75) is 13.0 Å². The van der Waals surface area contributed by atoms with Gasteiger partial charge in [0.1, 0.15) is 6.10 Å². The normalized spacial score (nSPS) is 17.4. The molecule has 1 amide bonds. The van der Waals surface area contributed by atoms with Crippen molar-refractivity contribution in [1.82, 2.24) is 0 Å². The molecule has 96 valence electrons. The Hall–Kier alpha value is -2.00. The fraction of sp³-hybridized carbons (Fsp3) is 0.133. The summed E-state index contributed by atoms with van der Waals surface area (Å²) in [6, 6.07) is 13.5. The van der Waals surface area contributed by atoms with Crippen LogP contribution in [-0.2, 0) is 4.74 Å². The number of hydrogen-bond acceptors (Lipinski definition) is 2. The maximum Gasteiger partial charge on any atom is 0.412 e. The minimum absolute atomic E-state index is 0.247. The van der Waals surface area contributed by atoms with Crippen LogP contribution in [0, 0.1) is 0 Å². The number of hydrogen-bond donors (Lipinski definition) is 1. The largest absolute Gasteiger partial charge is 0.441 e. The summed E-state index contributed by atoms with van der Waals surface area (Å²) in [6.45, 7) is 1.86. The molecule has 19 heavy (non-hydrogen) atoms. The molecule has 3 rings (SSSR count). The van der Waals surface area contributed by atoms with Gasteiger partial charge in [-0.3, -0.25) is 5.32 Å². The maximum atomic E-state index is 11.3. The molecule has 1 aliphatic heterocycles. The number of nitrogens with one attached hydrogen (secondary N) is 1. The molecule has 1 aliphatic rings. The number of anilines is 1. The molecule has 1 atom stereocenters. The van der Waals surface area contributed by atoms with Gasteiger partial charge in [0.05, 0.1) is 5.69 Å². The minimum Gasteiger partial charge on any atom is -0.441 e. The Labute approximate surface area is 116 Å². The summed E-state index contributed by atoms with van der Waals surface area (Å²) in [6.07, 6.45) is -0.654. The molecule has 0 spiro atoms. The number of cyclic esters (lactones) is 1. The van der Waals surface area contributed by atoms with E-state index < -0.39 is 6.09 Å². The Morgan fingerprint density at radius 3 is 2.74 bits per heavy atom. The van der Waals surface area contributed by atoms with Crippen molar-refractivity contribution < 1.29 is 9.53 Å². The predicted molar refractivity (Wildman–Crippen MR) is 75.4 cm³/mol. The average Bonchev–Trinajstić information content (AvgIpc) is 2.38. The lowest BCUT2D eigenvalue weighted by Gasteiger charge is -2.24. The Kier molecular flexibility index (Phi) is 2.91. The number of rotatable bonds is 1. The van der Waals surface area contributed by atoms with Crippen molar-refractivity contribution in [3.63, 3.8) is 0 Å². The zero-order chi connectivity index (χ0) is 13.4. The van der Waals surface area contributed by atoms with Gasteiger partial charge in [0.2, 0.25) is 0 Å². The highest BCUT2D eigenvalue weighted by molar-refractivity contribution is 6.30. The first-order valence-corrected chi connectivity index (χ1v) is 6.39. The van der Waals surface area contributed by atoms with E-state index in [0.717, 1.165) is 22.4 Å². The Bertz CT molecular complexity index is 654. The number of halogens is 1. The van der Waals surface area contributed by atoms with Crippen molar-refractivity contribution >= 4 is 23.4 Å². The average molecular weight is 274 g/mol. The lowest BCUT2D eigenvalue weighted by atomic mass is 9.99. The Morgan fingerprint density at radius 1 is 1.16 bits per heavy atom. The summed E-state index contributed by atoms with van der Waals surface area (Å²) in [5.41, 5.74) is 3.86. The van der Waals surface area contributed by atoms with Gasteiger partial charge < -0.3 is 4.74 Å². The van der Waals surface area contributed by atoms with Gasteiger partial charge in [0.25, 0.3) is 0 Å². The molecule has 0 fully saturated rings. The third kappa shape index (κ3) is 2.29. The van der Waals surface area contributed by atoms with Crippen LogP contribution in [0.3, 0.4) is 0 Å². The van der Waals surface area contributed by atoms with Crippen molar-refractivity contribution in [3.8, 4) is 11.1 Å². The number of ether oxygens (including phenoxy) is 1. The SMILES string of the molecule is CC1OC(=O)Nc2ccc(-c3cccc(Cl)c3)cc21. The van der Waals surface area contributed by atoms with Gasteiger partial charge in [-0.1, -0.05) is 29.8 Å². The molecule has 2 aromatic rings. The molecule has 0 radical (unpaired) electrons.